The van der Waals surface area contributed by atoms with Crippen molar-refractivity contribution in [1.29, 1.82) is 0 Å². The predicted molar refractivity (Wildman–Crippen MR) is 54.2 cm³/mol. The highest BCUT2D eigenvalue weighted by atomic mass is 16.5. The summed E-state index contributed by atoms with van der Waals surface area (Å²) in [5.41, 5.74) is 0. The SMILES string of the molecule is COCC(COC)C(NC(=O)O)C(=O)OC. The minimum atomic E-state index is -1.30. The van der Waals surface area contributed by atoms with Crippen molar-refractivity contribution in [2.24, 2.45) is 5.92 Å². The highest BCUT2D eigenvalue weighted by Crippen LogP contribution is 2.07. The van der Waals surface area contributed by atoms with Crippen LogP contribution in [-0.2, 0) is 19.0 Å². The van der Waals surface area contributed by atoms with Gasteiger partial charge in [-0.25, -0.2) is 9.59 Å². The molecule has 0 bridgehead atoms. The summed E-state index contributed by atoms with van der Waals surface area (Å²) >= 11 is 0. The van der Waals surface area contributed by atoms with E-state index in [1.165, 1.54) is 21.3 Å². The maximum Gasteiger partial charge on any atom is 0.405 e. The number of nitrogens with one attached hydrogen (secondary N) is 1. The van der Waals surface area contributed by atoms with Gasteiger partial charge in [-0.1, -0.05) is 0 Å². The molecule has 0 heterocycles. The van der Waals surface area contributed by atoms with Gasteiger partial charge in [0.1, 0.15) is 6.04 Å². The van der Waals surface area contributed by atoms with Gasteiger partial charge in [0.2, 0.25) is 0 Å². The molecule has 0 saturated carbocycles. The Hall–Kier alpha value is -1.34. The Bertz CT molecular complexity index is 226. The van der Waals surface area contributed by atoms with Crippen LogP contribution in [-0.4, -0.2) is 57.8 Å². The first-order valence-corrected chi connectivity index (χ1v) is 4.62. The van der Waals surface area contributed by atoms with Crippen LogP contribution in [0, 0.1) is 5.92 Å². The summed E-state index contributed by atoms with van der Waals surface area (Å²) in [7, 11) is 4.10. The monoisotopic (exact) mass is 235 g/mol. The number of hydrogen-bond donors (Lipinski definition) is 2. The molecule has 0 aliphatic heterocycles. The molecule has 0 aromatic carbocycles. The van der Waals surface area contributed by atoms with Crippen LogP contribution in [0.15, 0.2) is 0 Å². The van der Waals surface area contributed by atoms with E-state index in [0.29, 0.717) is 0 Å². The third kappa shape index (κ3) is 4.94. The van der Waals surface area contributed by atoms with Crippen molar-refractivity contribution in [2.75, 3.05) is 34.5 Å². The number of methoxy groups -OCH3 is 3. The highest BCUT2D eigenvalue weighted by Gasteiger charge is 2.30. The molecular formula is C9H17NO6. The van der Waals surface area contributed by atoms with Gasteiger partial charge < -0.3 is 24.6 Å². The zero-order valence-electron chi connectivity index (χ0n) is 9.56. The number of rotatable bonds is 7. The van der Waals surface area contributed by atoms with E-state index < -0.39 is 24.0 Å². The first kappa shape index (κ1) is 14.7. The fourth-order valence-electron chi connectivity index (χ4n) is 1.30. The van der Waals surface area contributed by atoms with Crippen LogP contribution in [0.4, 0.5) is 4.79 Å². The first-order valence-electron chi connectivity index (χ1n) is 4.62. The van der Waals surface area contributed by atoms with Crippen molar-refractivity contribution in [3.63, 3.8) is 0 Å². The Morgan fingerprint density at radius 1 is 1.19 bits per heavy atom. The Morgan fingerprint density at radius 2 is 1.69 bits per heavy atom. The number of esters is 1. The lowest BCUT2D eigenvalue weighted by Crippen LogP contribution is -2.48. The molecule has 0 aromatic rings. The molecule has 94 valence electrons. The van der Waals surface area contributed by atoms with Gasteiger partial charge in [0.15, 0.2) is 0 Å². The Kier molecular flexibility index (Phi) is 7.23. The number of amides is 1. The third-order valence-electron chi connectivity index (χ3n) is 1.97. The Balaban J connectivity index is 4.64. The second-order valence-electron chi connectivity index (χ2n) is 3.12. The molecule has 0 aliphatic carbocycles. The van der Waals surface area contributed by atoms with Gasteiger partial charge >= 0.3 is 12.1 Å². The lowest BCUT2D eigenvalue weighted by Gasteiger charge is -2.23. The standard InChI is InChI=1S/C9H17NO6/c1-14-4-6(5-15-2)7(8(11)16-3)10-9(12)13/h6-7,10H,4-5H2,1-3H3,(H,12,13). The van der Waals surface area contributed by atoms with Crippen LogP contribution in [0.25, 0.3) is 0 Å². The molecule has 7 nitrogen and oxygen atoms in total. The van der Waals surface area contributed by atoms with Gasteiger partial charge in [0.05, 0.1) is 20.3 Å². The zero-order valence-corrected chi connectivity index (χ0v) is 9.56. The number of carbonyl (C=O) groups is 2. The second kappa shape index (κ2) is 7.89. The molecule has 0 fully saturated rings. The average Bonchev–Trinajstić information content (AvgIpc) is 2.24. The van der Waals surface area contributed by atoms with Crippen molar-refractivity contribution in [1.82, 2.24) is 5.32 Å². The van der Waals surface area contributed by atoms with Crippen molar-refractivity contribution >= 4 is 12.1 Å². The molecule has 16 heavy (non-hydrogen) atoms. The van der Waals surface area contributed by atoms with Gasteiger partial charge in [-0.3, -0.25) is 0 Å². The van der Waals surface area contributed by atoms with Crippen LogP contribution in [0.2, 0.25) is 0 Å². The number of ether oxygens (including phenoxy) is 3. The van der Waals surface area contributed by atoms with Crippen molar-refractivity contribution in [3.05, 3.63) is 0 Å². The summed E-state index contributed by atoms with van der Waals surface area (Å²) in [6, 6.07) is -0.998. The highest BCUT2D eigenvalue weighted by molar-refractivity contribution is 5.81. The normalized spacial score (nSPS) is 12.2. The summed E-state index contributed by atoms with van der Waals surface area (Å²) in [5.74, 6) is -1.10. The van der Waals surface area contributed by atoms with Gasteiger partial charge in [0.25, 0.3) is 0 Å². The van der Waals surface area contributed by atoms with Gasteiger partial charge in [-0.2, -0.15) is 0 Å². The minimum Gasteiger partial charge on any atom is -0.467 e. The number of carboxylic acid groups (broad SMARTS) is 1. The molecule has 2 N–H and O–H groups in total. The van der Waals surface area contributed by atoms with Gasteiger partial charge in [0, 0.05) is 20.1 Å². The Morgan fingerprint density at radius 3 is 2.00 bits per heavy atom. The summed E-state index contributed by atoms with van der Waals surface area (Å²) in [5, 5.41) is 10.7. The summed E-state index contributed by atoms with van der Waals surface area (Å²) in [4.78, 5) is 21.9. The van der Waals surface area contributed by atoms with E-state index in [9.17, 15) is 9.59 Å². The Labute approximate surface area is 93.7 Å². The zero-order chi connectivity index (χ0) is 12.6. The lowest BCUT2D eigenvalue weighted by atomic mass is 10.0. The molecule has 1 unspecified atom stereocenters. The van der Waals surface area contributed by atoms with E-state index in [-0.39, 0.29) is 13.2 Å². The molecule has 1 amide bonds. The molecule has 0 spiro atoms. The summed E-state index contributed by atoms with van der Waals surface area (Å²) in [6.45, 7) is 0.377. The smallest absolute Gasteiger partial charge is 0.405 e. The van der Waals surface area contributed by atoms with E-state index in [1.807, 2.05) is 0 Å². The molecule has 0 radical (unpaired) electrons. The minimum absolute atomic E-state index is 0.188. The number of carbonyl (C=O) groups excluding carboxylic acids is 1. The maximum absolute atomic E-state index is 11.4. The first-order chi connectivity index (χ1) is 7.56. The quantitative estimate of drug-likeness (QED) is 0.589. The topological polar surface area (TPSA) is 94.1 Å². The predicted octanol–water partition coefficient (Wildman–Crippen LogP) is -0.295. The largest absolute Gasteiger partial charge is 0.467 e. The number of hydrogen-bond acceptors (Lipinski definition) is 5. The summed E-state index contributed by atoms with van der Waals surface area (Å²) < 4.78 is 14.3. The second-order valence-corrected chi connectivity index (χ2v) is 3.12. The van der Waals surface area contributed by atoms with Crippen LogP contribution in [0.1, 0.15) is 0 Å². The van der Waals surface area contributed by atoms with E-state index >= 15 is 0 Å². The molecule has 0 saturated heterocycles. The fraction of sp³-hybridized carbons (Fsp3) is 0.778. The van der Waals surface area contributed by atoms with E-state index in [0.717, 1.165) is 0 Å². The summed E-state index contributed by atoms with van der Waals surface area (Å²) in [6.07, 6.45) is -1.30. The molecule has 0 rings (SSSR count). The molecule has 0 aliphatic rings. The van der Waals surface area contributed by atoms with Gasteiger partial charge in [-0.15, -0.1) is 0 Å². The van der Waals surface area contributed by atoms with Crippen LogP contribution >= 0.6 is 0 Å². The van der Waals surface area contributed by atoms with E-state index in [1.54, 1.807) is 0 Å². The molecule has 7 heteroatoms. The van der Waals surface area contributed by atoms with Crippen molar-refractivity contribution in [3.8, 4) is 0 Å². The fourth-order valence-corrected chi connectivity index (χ4v) is 1.30. The van der Waals surface area contributed by atoms with E-state index in [2.05, 4.69) is 10.1 Å². The van der Waals surface area contributed by atoms with Crippen molar-refractivity contribution in [2.45, 2.75) is 6.04 Å². The average molecular weight is 235 g/mol. The third-order valence-corrected chi connectivity index (χ3v) is 1.97. The maximum atomic E-state index is 11.4. The van der Waals surface area contributed by atoms with Crippen LogP contribution < -0.4 is 5.32 Å². The molecule has 1 atom stereocenters. The molecular weight excluding hydrogens is 218 g/mol. The van der Waals surface area contributed by atoms with E-state index in [4.69, 9.17) is 14.6 Å². The molecule has 0 aromatic heterocycles. The van der Waals surface area contributed by atoms with Crippen molar-refractivity contribution < 1.29 is 28.9 Å². The lowest BCUT2D eigenvalue weighted by molar-refractivity contribution is -0.145. The van der Waals surface area contributed by atoms with Gasteiger partial charge in [-0.05, 0) is 0 Å². The van der Waals surface area contributed by atoms with Crippen LogP contribution in [0.3, 0.4) is 0 Å². The van der Waals surface area contributed by atoms with Crippen LogP contribution in [0.5, 0.6) is 0 Å².